The number of para-hydroxylation sites is 1. The van der Waals surface area contributed by atoms with E-state index in [1.54, 1.807) is 25.8 Å². The third kappa shape index (κ3) is 5.21. The molecule has 0 aliphatic carbocycles. The van der Waals surface area contributed by atoms with Gasteiger partial charge < -0.3 is 15.3 Å². The van der Waals surface area contributed by atoms with E-state index in [1.165, 1.54) is 0 Å². The van der Waals surface area contributed by atoms with Crippen molar-refractivity contribution in [2.75, 3.05) is 25.5 Å². The Hall–Kier alpha value is -1.55. The molecule has 0 bridgehead atoms. The third-order valence-electron chi connectivity index (χ3n) is 2.97. The van der Waals surface area contributed by atoms with E-state index >= 15 is 0 Å². The number of aliphatic hydroxyl groups is 1. The zero-order valence-electron chi connectivity index (χ0n) is 12.9. The van der Waals surface area contributed by atoms with Crippen LogP contribution in [-0.2, 0) is 0 Å². The van der Waals surface area contributed by atoms with E-state index in [1.807, 2.05) is 24.3 Å². The maximum absolute atomic E-state index is 12.5. The van der Waals surface area contributed by atoms with Gasteiger partial charge in [-0.3, -0.25) is 4.79 Å². The van der Waals surface area contributed by atoms with Crippen LogP contribution in [0.2, 0.25) is 0 Å². The van der Waals surface area contributed by atoms with Gasteiger partial charge in [-0.1, -0.05) is 25.5 Å². The minimum absolute atomic E-state index is 0.0771. The number of carbonyl (C=O) groups is 1. The number of amides is 1. The van der Waals surface area contributed by atoms with Crippen molar-refractivity contribution in [1.82, 2.24) is 4.90 Å². The zero-order chi connectivity index (χ0) is 15.2. The molecule has 0 heterocycles. The summed E-state index contributed by atoms with van der Waals surface area (Å²) >= 11 is 0. The second-order valence-electron chi connectivity index (χ2n) is 5.80. The number of benzene rings is 1. The summed E-state index contributed by atoms with van der Waals surface area (Å²) in [6.45, 7) is 6.69. The number of anilines is 1. The number of hydrogen-bond acceptors (Lipinski definition) is 3. The number of nitrogens with zero attached hydrogens (tertiary/aromatic N) is 1. The first kappa shape index (κ1) is 16.5. The summed E-state index contributed by atoms with van der Waals surface area (Å²) in [5.74, 6) is -0.0771. The van der Waals surface area contributed by atoms with Crippen molar-refractivity contribution in [2.45, 2.75) is 39.2 Å². The lowest BCUT2D eigenvalue weighted by Gasteiger charge is -2.26. The first-order valence-corrected chi connectivity index (χ1v) is 7.16. The summed E-state index contributed by atoms with van der Waals surface area (Å²) < 4.78 is 0. The monoisotopic (exact) mass is 278 g/mol. The van der Waals surface area contributed by atoms with Gasteiger partial charge in [0.05, 0.1) is 11.2 Å². The molecule has 0 fully saturated rings. The molecule has 0 spiro atoms. The summed E-state index contributed by atoms with van der Waals surface area (Å²) in [5, 5.41) is 13.1. The Labute approximate surface area is 121 Å². The van der Waals surface area contributed by atoms with Crippen LogP contribution >= 0.6 is 0 Å². The normalized spacial score (nSPS) is 11.2. The summed E-state index contributed by atoms with van der Waals surface area (Å²) in [4.78, 5) is 14.0. The van der Waals surface area contributed by atoms with Gasteiger partial charge in [0.15, 0.2) is 0 Å². The van der Waals surface area contributed by atoms with Crippen LogP contribution in [0.3, 0.4) is 0 Å². The van der Waals surface area contributed by atoms with Crippen LogP contribution in [0, 0.1) is 0 Å². The molecule has 4 nitrogen and oxygen atoms in total. The molecule has 0 saturated heterocycles. The van der Waals surface area contributed by atoms with Gasteiger partial charge in [-0.15, -0.1) is 0 Å². The molecule has 1 amide bonds. The quantitative estimate of drug-likeness (QED) is 0.754. The Bertz CT molecular complexity index is 438. The highest BCUT2D eigenvalue weighted by Gasteiger charge is 2.21. The molecule has 0 aliphatic rings. The fourth-order valence-corrected chi connectivity index (χ4v) is 2.08. The van der Waals surface area contributed by atoms with Gasteiger partial charge in [0.25, 0.3) is 5.91 Å². The maximum atomic E-state index is 12.5. The Balaban J connectivity index is 2.81. The Morgan fingerprint density at radius 1 is 1.35 bits per heavy atom. The first-order valence-electron chi connectivity index (χ1n) is 7.16. The van der Waals surface area contributed by atoms with E-state index < -0.39 is 5.60 Å². The van der Waals surface area contributed by atoms with E-state index in [0.717, 1.165) is 25.1 Å². The molecule has 1 aromatic carbocycles. The topological polar surface area (TPSA) is 52.6 Å². The number of unbranched alkanes of at least 4 members (excludes halogenated alkanes) is 1. The van der Waals surface area contributed by atoms with Crippen molar-refractivity contribution in [3.63, 3.8) is 0 Å². The van der Waals surface area contributed by atoms with Gasteiger partial charge in [-0.05, 0) is 32.4 Å². The lowest BCUT2D eigenvalue weighted by Crippen LogP contribution is -2.39. The minimum Gasteiger partial charge on any atom is -0.389 e. The zero-order valence-corrected chi connectivity index (χ0v) is 12.9. The second kappa shape index (κ2) is 7.29. The van der Waals surface area contributed by atoms with E-state index in [-0.39, 0.29) is 5.91 Å². The van der Waals surface area contributed by atoms with Gasteiger partial charge in [-0.2, -0.15) is 0 Å². The fourth-order valence-electron chi connectivity index (χ4n) is 2.08. The van der Waals surface area contributed by atoms with Crippen molar-refractivity contribution >= 4 is 11.6 Å². The van der Waals surface area contributed by atoms with Crippen LogP contribution in [0.4, 0.5) is 5.69 Å². The van der Waals surface area contributed by atoms with E-state index in [0.29, 0.717) is 12.1 Å². The van der Waals surface area contributed by atoms with Gasteiger partial charge in [0.1, 0.15) is 0 Å². The molecular formula is C16H26N2O2. The highest BCUT2D eigenvalue weighted by atomic mass is 16.3. The standard InChI is InChI=1S/C16H26N2O2/c1-5-6-11-17-14-10-8-7-9-13(14)15(19)18(4)12-16(2,3)20/h7-10,17,20H,5-6,11-12H2,1-4H3. The smallest absolute Gasteiger partial charge is 0.255 e. The van der Waals surface area contributed by atoms with Crippen molar-refractivity contribution in [3.05, 3.63) is 29.8 Å². The molecule has 112 valence electrons. The largest absolute Gasteiger partial charge is 0.389 e. The van der Waals surface area contributed by atoms with E-state index in [2.05, 4.69) is 12.2 Å². The van der Waals surface area contributed by atoms with Gasteiger partial charge >= 0.3 is 0 Å². The molecule has 0 radical (unpaired) electrons. The third-order valence-corrected chi connectivity index (χ3v) is 2.97. The lowest BCUT2D eigenvalue weighted by atomic mass is 10.1. The fraction of sp³-hybridized carbons (Fsp3) is 0.562. The molecule has 0 aromatic heterocycles. The molecule has 1 rings (SSSR count). The number of rotatable bonds is 7. The Morgan fingerprint density at radius 2 is 2.00 bits per heavy atom. The molecule has 20 heavy (non-hydrogen) atoms. The Kier molecular flexibility index (Phi) is 6.02. The summed E-state index contributed by atoms with van der Waals surface area (Å²) in [5.41, 5.74) is 0.610. The van der Waals surface area contributed by atoms with Crippen molar-refractivity contribution in [2.24, 2.45) is 0 Å². The van der Waals surface area contributed by atoms with Crippen molar-refractivity contribution in [3.8, 4) is 0 Å². The lowest BCUT2D eigenvalue weighted by molar-refractivity contribution is 0.0368. The van der Waals surface area contributed by atoms with Crippen LogP contribution in [-0.4, -0.2) is 41.7 Å². The highest BCUT2D eigenvalue weighted by Crippen LogP contribution is 2.18. The van der Waals surface area contributed by atoms with Crippen molar-refractivity contribution < 1.29 is 9.90 Å². The average molecular weight is 278 g/mol. The van der Waals surface area contributed by atoms with E-state index in [4.69, 9.17) is 0 Å². The molecule has 2 N–H and O–H groups in total. The van der Waals surface area contributed by atoms with Crippen LogP contribution in [0.5, 0.6) is 0 Å². The highest BCUT2D eigenvalue weighted by molar-refractivity contribution is 5.99. The van der Waals surface area contributed by atoms with Gasteiger partial charge in [0.2, 0.25) is 0 Å². The van der Waals surface area contributed by atoms with Crippen LogP contribution < -0.4 is 5.32 Å². The van der Waals surface area contributed by atoms with E-state index in [9.17, 15) is 9.90 Å². The van der Waals surface area contributed by atoms with Crippen LogP contribution in [0.15, 0.2) is 24.3 Å². The van der Waals surface area contributed by atoms with Crippen LogP contribution in [0.1, 0.15) is 44.0 Å². The summed E-state index contributed by atoms with van der Waals surface area (Å²) in [6, 6.07) is 7.51. The predicted molar refractivity (Wildman–Crippen MR) is 83.1 cm³/mol. The molecule has 0 saturated carbocycles. The minimum atomic E-state index is -0.894. The van der Waals surface area contributed by atoms with Crippen molar-refractivity contribution in [1.29, 1.82) is 0 Å². The molecule has 1 aromatic rings. The van der Waals surface area contributed by atoms with Crippen LogP contribution in [0.25, 0.3) is 0 Å². The number of likely N-dealkylation sites (N-methyl/N-ethyl adjacent to an activating group) is 1. The number of nitrogens with one attached hydrogen (secondary N) is 1. The molecule has 0 unspecified atom stereocenters. The van der Waals surface area contributed by atoms with Gasteiger partial charge in [-0.25, -0.2) is 0 Å². The molecule has 4 heteroatoms. The Morgan fingerprint density at radius 3 is 2.60 bits per heavy atom. The first-order chi connectivity index (χ1) is 9.35. The summed E-state index contributed by atoms with van der Waals surface area (Å²) in [7, 11) is 1.71. The second-order valence-corrected chi connectivity index (χ2v) is 5.80. The number of hydrogen-bond donors (Lipinski definition) is 2. The molecule has 0 atom stereocenters. The SMILES string of the molecule is CCCCNc1ccccc1C(=O)N(C)CC(C)(C)O. The number of carbonyl (C=O) groups excluding carboxylic acids is 1. The average Bonchev–Trinajstić information content (AvgIpc) is 2.37. The molecular weight excluding hydrogens is 252 g/mol. The molecule has 0 aliphatic heterocycles. The summed E-state index contributed by atoms with van der Waals surface area (Å²) in [6.07, 6.45) is 2.18. The maximum Gasteiger partial charge on any atom is 0.255 e. The van der Waals surface area contributed by atoms with Gasteiger partial charge in [0, 0.05) is 25.8 Å². The predicted octanol–water partition coefficient (Wildman–Crippen LogP) is 2.74.